The first-order valence-electron chi connectivity index (χ1n) is 8.22. The Labute approximate surface area is 124 Å². The van der Waals surface area contributed by atoms with Gasteiger partial charge in [-0.1, -0.05) is 45.7 Å². The summed E-state index contributed by atoms with van der Waals surface area (Å²) in [6.07, 6.45) is 8.15. The van der Waals surface area contributed by atoms with Crippen LogP contribution >= 0.6 is 0 Å². The summed E-state index contributed by atoms with van der Waals surface area (Å²) in [5, 5.41) is 0. The maximum Gasteiger partial charge on any atom is 0.118 e. The van der Waals surface area contributed by atoms with Crippen LogP contribution in [-0.4, -0.2) is 7.11 Å². The minimum absolute atomic E-state index is 0.597. The molecule has 0 amide bonds. The summed E-state index contributed by atoms with van der Waals surface area (Å²) in [5.74, 6) is 2.71. The number of rotatable bonds is 6. The molecule has 0 N–H and O–H groups in total. The highest BCUT2D eigenvalue weighted by atomic mass is 16.5. The highest BCUT2D eigenvalue weighted by Gasteiger charge is 2.39. The molecule has 0 aromatic heterocycles. The van der Waals surface area contributed by atoms with E-state index in [0.717, 1.165) is 17.6 Å². The van der Waals surface area contributed by atoms with E-state index in [4.69, 9.17) is 4.74 Å². The Kier molecular flexibility index (Phi) is 5.12. The predicted octanol–water partition coefficient (Wildman–Crippen LogP) is 5.48. The fourth-order valence-corrected chi connectivity index (χ4v) is 4.06. The topological polar surface area (TPSA) is 9.23 Å². The second-order valence-corrected chi connectivity index (χ2v) is 6.87. The summed E-state index contributed by atoms with van der Waals surface area (Å²) < 4.78 is 5.22. The summed E-state index contributed by atoms with van der Waals surface area (Å²) in [4.78, 5) is 0. The monoisotopic (exact) mass is 274 g/mol. The number of ether oxygens (including phenoxy) is 1. The maximum atomic E-state index is 5.22. The van der Waals surface area contributed by atoms with E-state index in [-0.39, 0.29) is 0 Å². The molecule has 112 valence electrons. The third kappa shape index (κ3) is 3.37. The smallest absolute Gasteiger partial charge is 0.118 e. The fourth-order valence-electron chi connectivity index (χ4n) is 4.06. The van der Waals surface area contributed by atoms with Gasteiger partial charge in [-0.25, -0.2) is 0 Å². The van der Waals surface area contributed by atoms with E-state index in [0.29, 0.717) is 5.41 Å². The highest BCUT2D eigenvalue weighted by molar-refractivity contribution is 5.27. The molecule has 1 aliphatic rings. The molecule has 1 heteroatoms. The van der Waals surface area contributed by atoms with Crippen molar-refractivity contribution >= 4 is 0 Å². The largest absolute Gasteiger partial charge is 0.497 e. The van der Waals surface area contributed by atoms with Crippen molar-refractivity contribution in [3.05, 3.63) is 29.8 Å². The molecule has 2 rings (SSSR count). The summed E-state index contributed by atoms with van der Waals surface area (Å²) in [5.41, 5.74) is 2.04. The Morgan fingerprint density at radius 2 is 2.00 bits per heavy atom. The van der Waals surface area contributed by atoms with Crippen LogP contribution in [0.25, 0.3) is 0 Å². The van der Waals surface area contributed by atoms with Crippen molar-refractivity contribution in [2.45, 2.75) is 59.3 Å². The molecule has 0 radical (unpaired) electrons. The zero-order valence-corrected chi connectivity index (χ0v) is 13.6. The van der Waals surface area contributed by atoms with Gasteiger partial charge in [-0.15, -0.1) is 0 Å². The Bertz CT molecular complexity index is 408. The Balaban J connectivity index is 1.89. The van der Waals surface area contributed by atoms with Crippen molar-refractivity contribution in [1.82, 2.24) is 0 Å². The van der Waals surface area contributed by atoms with Crippen molar-refractivity contribution in [3.63, 3.8) is 0 Å². The first-order chi connectivity index (χ1) is 9.59. The molecule has 1 aromatic carbocycles. The van der Waals surface area contributed by atoms with E-state index in [1.165, 1.54) is 44.1 Å². The van der Waals surface area contributed by atoms with E-state index < -0.39 is 0 Å². The van der Waals surface area contributed by atoms with Gasteiger partial charge in [-0.05, 0) is 60.6 Å². The Morgan fingerprint density at radius 1 is 1.30 bits per heavy atom. The predicted molar refractivity (Wildman–Crippen MR) is 86.2 cm³/mol. The van der Waals surface area contributed by atoms with Crippen molar-refractivity contribution in [2.75, 3.05) is 7.11 Å². The van der Waals surface area contributed by atoms with Crippen LogP contribution < -0.4 is 4.74 Å². The van der Waals surface area contributed by atoms with Gasteiger partial charge in [0.15, 0.2) is 0 Å². The number of hydrogen-bond acceptors (Lipinski definition) is 1. The molecule has 0 aliphatic heterocycles. The molecule has 3 atom stereocenters. The molecule has 0 spiro atoms. The summed E-state index contributed by atoms with van der Waals surface area (Å²) in [6, 6.07) is 8.57. The maximum absolute atomic E-state index is 5.22. The third-order valence-corrected chi connectivity index (χ3v) is 5.70. The van der Waals surface area contributed by atoms with Crippen LogP contribution in [0.2, 0.25) is 0 Å². The number of benzene rings is 1. The first kappa shape index (κ1) is 15.4. The number of hydrogen-bond donors (Lipinski definition) is 0. The summed E-state index contributed by atoms with van der Waals surface area (Å²) in [7, 11) is 1.72. The lowest BCUT2D eigenvalue weighted by Crippen LogP contribution is -2.26. The SMILES string of the molecule is CCC1(C)CCCC1C(C)CCc1ccc(OC)cc1. The van der Waals surface area contributed by atoms with Crippen LogP contribution in [0.1, 0.15) is 58.4 Å². The van der Waals surface area contributed by atoms with Crippen LogP contribution in [0.5, 0.6) is 5.75 Å². The average Bonchev–Trinajstić information content (AvgIpc) is 2.88. The van der Waals surface area contributed by atoms with Crippen LogP contribution in [0, 0.1) is 17.3 Å². The van der Waals surface area contributed by atoms with Crippen molar-refractivity contribution < 1.29 is 4.74 Å². The molecule has 1 aliphatic carbocycles. The summed E-state index contributed by atoms with van der Waals surface area (Å²) >= 11 is 0. The molecule has 0 bridgehead atoms. The lowest BCUT2D eigenvalue weighted by atomic mass is 9.70. The Hall–Kier alpha value is -0.980. The van der Waals surface area contributed by atoms with E-state index >= 15 is 0 Å². The molecule has 1 saturated carbocycles. The minimum Gasteiger partial charge on any atom is -0.497 e. The zero-order valence-electron chi connectivity index (χ0n) is 13.6. The normalized spacial score (nSPS) is 27.5. The van der Waals surface area contributed by atoms with E-state index in [1.807, 2.05) is 0 Å². The van der Waals surface area contributed by atoms with Crippen molar-refractivity contribution in [3.8, 4) is 5.75 Å². The number of aryl methyl sites for hydroxylation is 1. The van der Waals surface area contributed by atoms with Gasteiger partial charge in [0.2, 0.25) is 0 Å². The highest BCUT2D eigenvalue weighted by Crippen LogP contribution is 2.49. The van der Waals surface area contributed by atoms with Gasteiger partial charge < -0.3 is 4.74 Å². The van der Waals surface area contributed by atoms with Crippen LogP contribution in [0.15, 0.2) is 24.3 Å². The van der Waals surface area contributed by atoms with Gasteiger partial charge in [0.25, 0.3) is 0 Å². The second-order valence-electron chi connectivity index (χ2n) is 6.87. The van der Waals surface area contributed by atoms with E-state index in [1.54, 1.807) is 7.11 Å². The minimum atomic E-state index is 0.597. The zero-order chi connectivity index (χ0) is 14.6. The number of methoxy groups -OCH3 is 1. The second kappa shape index (κ2) is 6.65. The molecule has 1 nitrogen and oxygen atoms in total. The fraction of sp³-hybridized carbons (Fsp3) is 0.684. The van der Waals surface area contributed by atoms with Gasteiger partial charge >= 0.3 is 0 Å². The molecule has 0 heterocycles. The van der Waals surface area contributed by atoms with Gasteiger partial charge in [0.1, 0.15) is 5.75 Å². The molecule has 1 aromatic rings. The van der Waals surface area contributed by atoms with E-state index in [9.17, 15) is 0 Å². The van der Waals surface area contributed by atoms with Gasteiger partial charge in [-0.2, -0.15) is 0 Å². The van der Waals surface area contributed by atoms with Crippen LogP contribution in [0.4, 0.5) is 0 Å². The lowest BCUT2D eigenvalue weighted by molar-refractivity contribution is 0.152. The lowest BCUT2D eigenvalue weighted by Gasteiger charge is -2.35. The van der Waals surface area contributed by atoms with Gasteiger partial charge in [0, 0.05) is 0 Å². The average molecular weight is 274 g/mol. The Morgan fingerprint density at radius 3 is 2.60 bits per heavy atom. The standard InChI is InChI=1S/C19H30O/c1-5-19(3)14-6-7-18(19)15(2)8-9-16-10-12-17(20-4)13-11-16/h10-13,15,18H,5-9,14H2,1-4H3. The van der Waals surface area contributed by atoms with Gasteiger partial charge in [0.05, 0.1) is 7.11 Å². The molecule has 1 fully saturated rings. The molecule has 20 heavy (non-hydrogen) atoms. The quantitative estimate of drug-likeness (QED) is 0.667. The first-order valence-corrected chi connectivity index (χ1v) is 8.22. The third-order valence-electron chi connectivity index (χ3n) is 5.70. The van der Waals surface area contributed by atoms with Crippen LogP contribution in [0.3, 0.4) is 0 Å². The van der Waals surface area contributed by atoms with Crippen molar-refractivity contribution in [1.29, 1.82) is 0 Å². The van der Waals surface area contributed by atoms with Gasteiger partial charge in [-0.3, -0.25) is 0 Å². The van der Waals surface area contributed by atoms with E-state index in [2.05, 4.69) is 45.0 Å². The van der Waals surface area contributed by atoms with Crippen molar-refractivity contribution in [2.24, 2.45) is 17.3 Å². The summed E-state index contributed by atoms with van der Waals surface area (Å²) in [6.45, 7) is 7.34. The molecular weight excluding hydrogens is 244 g/mol. The molecular formula is C19H30O. The molecule has 0 saturated heterocycles. The molecule has 3 unspecified atom stereocenters. The van der Waals surface area contributed by atoms with Crippen LogP contribution in [-0.2, 0) is 6.42 Å².